The standard InChI is InChI=1S/C6H3BrI/c7-5-2-1-3-6(8)4-5/h1-3H. The Bertz CT molecular complexity index is 168. The van der Waals surface area contributed by atoms with Crippen LogP contribution < -0.4 is 0 Å². The highest BCUT2D eigenvalue weighted by molar-refractivity contribution is 14.1. The van der Waals surface area contributed by atoms with E-state index < -0.39 is 0 Å². The van der Waals surface area contributed by atoms with Crippen molar-refractivity contribution in [3.8, 4) is 0 Å². The minimum Gasteiger partial charge on any atom is -0.0600 e. The van der Waals surface area contributed by atoms with Crippen molar-refractivity contribution >= 4 is 38.5 Å². The zero-order chi connectivity index (χ0) is 5.98. The van der Waals surface area contributed by atoms with Gasteiger partial charge in [-0.3, -0.25) is 0 Å². The molecule has 8 heavy (non-hydrogen) atoms. The van der Waals surface area contributed by atoms with Gasteiger partial charge in [-0.2, -0.15) is 0 Å². The normalized spacial score (nSPS) is 9.25. The van der Waals surface area contributed by atoms with Gasteiger partial charge in [-0.15, -0.1) is 0 Å². The van der Waals surface area contributed by atoms with Crippen LogP contribution in [0.1, 0.15) is 0 Å². The predicted molar refractivity (Wildman–Crippen MR) is 45.7 cm³/mol. The molecule has 0 bridgehead atoms. The molecular weight excluding hydrogens is 279 g/mol. The van der Waals surface area contributed by atoms with Crippen molar-refractivity contribution in [1.29, 1.82) is 0 Å². The number of rotatable bonds is 0. The first-order chi connectivity index (χ1) is 3.79. The molecule has 41 valence electrons. The van der Waals surface area contributed by atoms with Gasteiger partial charge >= 0.3 is 0 Å². The summed E-state index contributed by atoms with van der Waals surface area (Å²) in [5.74, 6) is 0. The molecule has 0 spiro atoms. The second kappa shape index (κ2) is 2.82. The van der Waals surface area contributed by atoms with Crippen LogP contribution in [0.15, 0.2) is 22.7 Å². The van der Waals surface area contributed by atoms with Gasteiger partial charge in [0.1, 0.15) is 0 Å². The molecule has 1 radical (unpaired) electrons. The Kier molecular flexibility index (Phi) is 2.31. The maximum atomic E-state index is 3.30. The van der Waals surface area contributed by atoms with E-state index in [1.165, 1.54) is 0 Å². The van der Waals surface area contributed by atoms with Crippen LogP contribution in [0, 0.1) is 9.64 Å². The minimum atomic E-state index is 1.02. The Morgan fingerprint density at radius 3 is 2.62 bits per heavy atom. The fourth-order valence-electron chi connectivity index (χ4n) is 0.414. The third-order valence-electron chi connectivity index (χ3n) is 0.724. The van der Waals surface area contributed by atoms with Gasteiger partial charge in [0.05, 0.1) is 0 Å². The Hall–Kier alpha value is 0.430. The van der Waals surface area contributed by atoms with Crippen LogP contribution in [0.3, 0.4) is 0 Å². The molecule has 0 aliphatic rings. The highest BCUT2D eigenvalue weighted by atomic mass is 127. The minimum absolute atomic E-state index is 1.02. The van der Waals surface area contributed by atoms with Gasteiger partial charge in [-0.05, 0) is 34.7 Å². The summed E-state index contributed by atoms with van der Waals surface area (Å²) in [6, 6.07) is 9.03. The quantitative estimate of drug-likeness (QED) is 0.642. The van der Waals surface area contributed by atoms with Crippen molar-refractivity contribution in [3.63, 3.8) is 0 Å². The van der Waals surface area contributed by atoms with E-state index in [1.807, 2.05) is 18.2 Å². The van der Waals surface area contributed by atoms with Crippen molar-refractivity contribution < 1.29 is 0 Å². The van der Waals surface area contributed by atoms with Gasteiger partial charge in [0, 0.05) is 14.1 Å². The second-order valence-electron chi connectivity index (χ2n) is 1.35. The third kappa shape index (κ3) is 1.74. The number of halogens is 2. The summed E-state index contributed by atoms with van der Waals surface area (Å²) in [5.41, 5.74) is 0. The van der Waals surface area contributed by atoms with Gasteiger partial charge in [-0.1, -0.05) is 22.0 Å². The molecule has 0 aliphatic carbocycles. The fraction of sp³-hybridized carbons (Fsp3) is 0. The summed E-state index contributed by atoms with van der Waals surface area (Å²) in [6.07, 6.45) is 0. The molecule has 0 unspecified atom stereocenters. The first-order valence-electron chi connectivity index (χ1n) is 2.12. The topological polar surface area (TPSA) is 0 Å². The molecule has 2 heteroatoms. The highest BCUT2D eigenvalue weighted by Crippen LogP contribution is 2.11. The molecular formula is C6H3BrI. The van der Waals surface area contributed by atoms with Gasteiger partial charge in [0.2, 0.25) is 0 Å². The molecule has 1 aromatic carbocycles. The Morgan fingerprint density at radius 2 is 2.25 bits per heavy atom. The molecule has 0 amide bonds. The van der Waals surface area contributed by atoms with Crippen LogP contribution in [0.5, 0.6) is 0 Å². The second-order valence-corrected chi connectivity index (χ2v) is 3.36. The van der Waals surface area contributed by atoms with Crippen LogP contribution in [0.4, 0.5) is 0 Å². The molecule has 0 N–H and O–H groups in total. The van der Waals surface area contributed by atoms with E-state index in [0.717, 1.165) is 8.04 Å². The first kappa shape index (κ1) is 6.55. The van der Waals surface area contributed by atoms with Crippen LogP contribution >= 0.6 is 38.5 Å². The summed E-state index contributed by atoms with van der Waals surface area (Å²) in [6.45, 7) is 0. The lowest BCUT2D eigenvalue weighted by Gasteiger charge is -1.86. The molecule has 0 aliphatic heterocycles. The Morgan fingerprint density at radius 1 is 1.50 bits per heavy atom. The lowest BCUT2D eigenvalue weighted by atomic mass is 10.4. The largest absolute Gasteiger partial charge is 0.0600 e. The lowest BCUT2D eigenvalue weighted by Crippen LogP contribution is -1.67. The number of hydrogen-bond acceptors (Lipinski definition) is 0. The summed E-state index contributed by atoms with van der Waals surface area (Å²) in [5, 5.41) is 0. The van der Waals surface area contributed by atoms with Gasteiger partial charge in [-0.25, -0.2) is 0 Å². The van der Waals surface area contributed by atoms with E-state index in [4.69, 9.17) is 0 Å². The monoisotopic (exact) mass is 281 g/mol. The SMILES string of the molecule is Brc1[c]c(I)ccc1. The summed E-state index contributed by atoms with van der Waals surface area (Å²) in [4.78, 5) is 0. The van der Waals surface area contributed by atoms with Crippen molar-refractivity contribution in [2.24, 2.45) is 0 Å². The molecule has 0 aromatic heterocycles. The van der Waals surface area contributed by atoms with Crippen molar-refractivity contribution in [3.05, 3.63) is 32.3 Å². The van der Waals surface area contributed by atoms with Crippen LogP contribution in [-0.2, 0) is 0 Å². The Balaban J connectivity index is 3.08. The third-order valence-corrected chi connectivity index (χ3v) is 1.82. The predicted octanol–water partition coefficient (Wildman–Crippen LogP) is 2.85. The van der Waals surface area contributed by atoms with Gasteiger partial charge < -0.3 is 0 Å². The van der Waals surface area contributed by atoms with Crippen molar-refractivity contribution in [2.45, 2.75) is 0 Å². The number of benzene rings is 1. The molecule has 0 saturated heterocycles. The molecule has 1 aromatic rings. The Labute approximate surface area is 70.6 Å². The zero-order valence-corrected chi connectivity index (χ0v) is 7.73. The summed E-state index contributed by atoms with van der Waals surface area (Å²) >= 11 is 5.52. The van der Waals surface area contributed by atoms with E-state index in [0.29, 0.717) is 0 Å². The molecule has 1 rings (SSSR count). The van der Waals surface area contributed by atoms with E-state index >= 15 is 0 Å². The van der Waals surface area contributed by atoms with E-state index in [2.05, 4.69) is 44.6 Å². The smallest absolute Gasteiger partial charge is 0.0265 e. The molecule has 0 saturated carbocycles. The van der Waals surface area contributed by atoms with Crippen LogP contribution in [-0.4, -0.2) is 0 Å². The summed E-state index contributed by atoms with van der Waals surface area (Å²) in [7, 11) is 0. The van der Waals surface area contributed by atoms with Gasteiger partial charge in [0.15, 0.2) is 0 Å². The average Bonchev–Trinajstić information content (AvgIpc) is 1.64. The van der Waals surface area contributed by atoms with E-state index in [-0.39, 0.29) is 0 Å². The number of hydrogen-bond donors (Lipinski definition) is 0. The van der Waals surface area contributed by atoms with Crippen molar-refractivity contribution in [1.82, 2.24) is 0 Å². The van der Waals surface area contributed by atoms with Gasteiger partial charge in [0.25, 0.3) is 0 Å². The maximum absolute atomic E-state index is 3.30. The lowest BCUT2D eigenvalue weighted by molar-refractivity contribution is 1.58. The average molecular weight is 282 g/mol. The molecule has 0 heterocycles. The van der Waals surface area contributed by atoms with Crippen LogP contribution in [0.2, 0.25) is 0 Å². The van der Waals surface area contributed by atoms with Crippen molar-refractivity contribution in [2.75, 3.05) is 0 Å². The fourth-order valence-corrected chi connectivity index (χ4v) is 1.65. The maximum Gasteiger partial charge on any atom is 0.0265 e. The highest BCUT2D eigenvalue weighted by Gasteiger charge is 1.85. The van der Waals surface area contributed by atoms with Crippen LogP contribution in [0.25, 0.3) is 0 Å². The zero-order valence-electron chi connectivity index (χ0n) is 3.99. The first-order valence-corrected chi connectivity index (χ1v) is 3.99. The summed E-state index contributed by atoms with van der Waals surface area (Å²) < 4.78 is 2.15. The van der Waals surface area contributed by atoms with E-state index in [1.54, 1.807) is 0 Å². The van der Waals surface area contributed by atoms with E-state index in [9.17, 15) is 0 Å². The molecule has 0 atom stereocenters. The molecule has 0 fully saturated rings. The molecule has 0 nitrogen and oxygen atoms in total.